The molecule has 3 nitrogen and oxygen atoms in total. The summed E-state index contributed by atoms with van der Waals surface area (Å²) >= 11 is 9.71. The first-order valence-electron chi connectivity index (χ1n) is 6.65. The Labute approximate surface area is 138 Å². The maximum Gasteiger partial charge on any atom is 0.123 e. The minimum absolute atomic E-state index is 0.0974. The highest BCUT2D eigenvalue weighted by Crippen LogP contribution is 2.33. The molecule has 0 aliphatic rings. The van der Waals surface area contributed by atoms with Crippen molar-refractivity contribution in [3.63, 3.8) is 0 Å². The molecule has 2 aromatic rings. The zero-order valence-corrected chi connectivity index (χ0v) is 14.5. The Morgan fingerprint density at radius 1 is 1.19 bits per heavy atom. The predicted octanol–water partition coefficient (Wildman–Crippen LogP) is 5.52. The van der Waals surface area contributed by atoms with Crippen LogP contribution in [-0.4, -0.2) is 6.10 Å². The van der Waals surface area contributed by atoms with E-state index in [1.54, 1.807) is 0 Å². The van der Waals surface area contributed by atoms with Crippen LogP contribution in [0.25, 0.3) is 0 Å². The van der Waals surface area contributed by atoms with Crippen molar-refractivity contribution in [3.8, 4) is 5.75 Å². The lowest BCUT2D eigenvalue weighted by atomic mass is 10.2. The average Bonchev–Trinajstić information content (AvgIpc) is 2.34. The van der Waals surface area contributed by atoms with Gasteiger partial charge in [-0.1, -0.05) is 11.6 Å². The molecule has 0 bridgehead atoms. The third-order valence-corrected chi connectivity index (χ3v) is 3.89. The Morgan fingerprint density at radius 3 is 2.57 bits per heavy atom. The number of ether oxygens (including phenoxy) is 1. The quantitative estimate of drug-likeness (QED) is 0.697. The summed E-state index contributed by atoms with van der Waals surface area (Å²) < 4.78 is 6.63. The van der Waals surface area contributed by atoms with E-state index in [0.717, 1.165) is 27.2 Å². The summed E-state index contributed by atoms with van der Waals surface area (Å²) in [4.78, 5) is 0. The Balaban J connectivity index is 2.31. The van der Waals surface area contributed by atoms with E-state index >= 15 is 0 Å². The first-order chi connectivity index (χ1) is 9.85. The fourth-order valence-corrected chi connectivity index (χ4v) is 2.65. The van der Waals surface area contributed by atoms with Gasteiger partial charge in [0.25, 0.3) is 0 Å². The van der Waals surface area contributed by atoms with Crippen LogP contribution in [0.4, 0.5) is 17.1 Å². The lowest BCUT2D eigenvalue weighted by Gasteiger charge is -2.14. The number of anilines is 3. The molecule has 0 saturated heterocycles. The van der Waals surface area contributed by atoms with Crippen LogP contribution < -0.4 is 15.8 Å². The van der Waals surface area contributed by atoms with E-state index in [1.807, 2.05) is 51.1 Å². The summed E-state index contributed by atoms with van der Waals surface area (Å²) in [5.74, 6) is 0.738. The van der Waals surface area contributed by atoms with E-state index < -0.39 is 0 Å². The van der Waals surface area contributed by atoms with Crippen molar-refractivity contribution < 1.29 is 4.74 Å². The molecule has 0 aliphatic carbocycles. The summed E-state index contributed by atoms with van der Waals surface area (Å²) in [6.45, 7) is 5.92. The van der Waals surface area contributed by atoms with E-state index in [1.165, 1.54) is 0 Å². The highest BCUT2D eigenvalue weighted by Gasteiger charge is 2.07. The fraction of sp³-hybridized carbons (Fsp3) is 0.250. The molecule has 112 valence electrons. The monoisotopic (exact) mass is 368 g/mol. The second-order valence-corrected chi connectivity index (χ2v) is 6.43. The van der Waals surface area contributed by atoms with Crippen LogP contribution in [0.5, 0.6) is 5.75 Å². The highest BCUT2D eigenvalue weighted by molar-refractivity contribution is 9.10. The average molecular weight is 370 g/mol. The molecule has 0 heterocycles. The van der Waals surface area contributed by atoms with Gasteiger partial charge in [0, 0.05) is 33.0 Å². The summed E-state index contributed by atoms with van der Waals surface area (Å²) in [7, 11) is 0. The van der Waals surface area contributed by atoms with Gasteiger partial charge < -0.3 is 15.8 Å². The van der Waals surface area contributed by atoms with Crippen molar-refractivity contribution >= 4 is 44.6 Å². The molecule has 21 heavy (non-hydrogen) atoms. The summed E-state index contributed by atoms with van der Waals surface area (Å²) in [6, 6.07) is 9.43. The van der Waals surface area contributed by atoms with Gasteiger partial charge in [0.1, 0.15) is 5.75 Å². The number of nitrogens with two attached hydrogens (primary N) is 1. The zero-order chi connectivity index (χ0) is 15.6. The van der Waals surface area contributed by atoms with E-state index in [2.05, 4.69) is 21.2 Å². The second kappa shape index (κ2) is 6.58. The van der Waals surface area contributed by atoms with Crippen molar-refractivity contribution in [1.82, 2.24) is 0 Å². The molecule has 3 N–H and O–H groups in total. The third-order valence-electron chi connectivity index (χ3n) is 2.83. The summed E-state index contributed by atoms with van der Waals surface area (Å²) in [5, 5.41) is 4.01. The Kier molecular flexibility index (Phi) is 5.01. The fourth-order valence-electron chi connectivity index (χ4n) is 1.93. The van der Waals surface area contributed by atoms with E-state index in [9.17, 15) is 0 Å². The normalized spacial score (nSPS) is 10.8. The molecular weight excluding hydrogens is 352 g/mol. The number of halogens is 2. The van der Waals surface area contributed by atoms with Crippen LogP contribution in [0.15, 0.2) is 34.8 Å². The van der Waals surface area contributed by atoms with Gasteiger partial charge in [-0.25, -0.2) is 0 Å². The van der Waals surface area contributed by atoms with Crippen molar-refractivity contribution in [1.29, 1.82) is 0 Å². The van der Waals surface area contributed by atoms with E-state index in [4.69, 9.17) is 22.1 Å². The second-order valence-electron chi connectivity index (χ2n) is 5.16. The van der Waals surface area contributed by atoms with Crippen molar-refractivity contribution in [3.05, 3.63) is 45.4 Å². The van der Waals surface area contributed by atoms with Gasteiger partial charge in [0.2, 0.25) is 0 Å². The molecule has 2 aromatic carbocycles. The predicted molar refractivity (Wildman–Crippen MR) is 93.8 cm³/mol. The molecule has 0 saturated carbocycles. The first-order valence-corrected chi connectivity index (χ1v) is 7.82. The first kappa shape index (κ1) is 16.0. The topological polar surface area (TPSA) is 47.3 Å². The minimum Gasteiger partial charge on any atom is -0.491 e. The number of hydrogen-bond acceptors (Lipinski definition) is 3. The highest BCUT2D eigenvalue weighted by atomic mass is 79.9. The number of nitrogens with one attached hydrogen (secondary N) is 1. The van der Waals surface area contributed by atoms with Gasteiger partial charge in [-0.2, -0.15) is 0 Å². The van der Waals surface area contributed by atoms with Crippen molar-refractivity contribution in [2.45, 2.75) is 26.9 Å². The molecule has 2 rings (SSSR count). The van der Waals surface area contributed by atoms with E-state index in [-0.39, 0.29) is 6.10 Å². The summed E-state index contributed by atoms with van der Waals surface area (Å²) in [5.41, 5.74) is 9.32. The molecular formula is C16H18BrClN2O. The molecule has 0 fully saturated rings. The Hall–Kier alpha value is -1.39. The van der Waals surface area contributed by atoms with E-state index in [0.29, 0.717) is 10.7 Å². The number of benzene rings is 2. The molecule has 5 heteroatoms. The van der Waals surface area contributed by atoms with Crippen LogP contribution in [0.3, 0.4) is 0 Å². The maximum absolute atomic E-state index is 6.17. The van der Waals surface area contributed by atoms with Gasteiger partial charge in [-0.15, -0.1) is 0 Å². The van der Waals surface area contributed by atoms with Crippen molar-refractivity contribution in [2.75, 3.05) is 11.1 Å². The minimum atomic E-state index is 0.0974. The third kappa shape index (κ3) is 4.29. The Bertz CT molecular complexity index is 659. The van der Waals surface area contributed by atoms with Gasteiger partial charge in [0.05, 0.1) is 11.8 Å². The molecule has 0 spiro atoms. The van der Waals surface area contributed by atoms with Crippen LogP contribution in [0.2, 0.25) is 5.02 Å². The lowest BCUT2D eigenvalue weighted by Crippen LogP contribution is -2.06. The van der Waals surface area contributed by atoms with Crippen LogP contribution in [0, 0.1) is 6.92 Å². The maximum atomic E-state index is 6.17. The van der Waals surface area contributed by atoms with Gasteiger partial charge >= 0.3 is 0 Å². The van der Waals surface area contributed by atoms with Crippen molar-refractivity contribution in [2.24, 2.45) is 0 Å². The van der Waals surface area contributed by atoms with Crippen LogP contribution >= 0.6 is 27.5 Å². The van der Waals surface area contributed by atoms with Crippen LogP contribution in [0.1, 0.15) is 19.4 Å². The number of aryl methyl sites for hydroxylation is 1. The summed E-state index contributed by atoms with van der Waals surface area (Å²) in [6.07, 6.45) is 0.0974. The molecule has 0 atom stereocenters. The standard InChI is InChI=1S/C16H18BrClN2O/c1-9(2)21-13-6-11(19)5-12(7-13)20-16-8-15(18)10(3)4-14(16)17/h4-9,20H,19H2,1-3H3. The SMILES string of the molecule is Cc1cc(Br)c(Nc2cc(N)cc(OC(C)C)c2)cc1Cl. The molecule has 0 radical (unpaired) electrons. The van der Waals surface area contributed by atoms with Gasteiger partial charge in [-0.3, -0.25) is 0 Å². The van der Waals surface area contributed by atoms with Gasteiger partial charge in [0.15, 0.2) is 0 Å². The zero-order valence-electron chi connectivity index (χ0n) is 12.2. The van der Waals surface area contributed by atoms with Crippen LogP contribution in [-0.2, 0) is 0 Å². The smallest absolute Gasteiger partial charge is 0.123 e. The number of hydrogen-bond donors (Lipinski definition) is 2. The largest absolute Gasteiger partial charge is 0.491 e. The number of nitrogen functional groups attached to an aromatic ring is 1. The Morgan fingerprint density at radius 2 is 1.90 bits per heavy atom. The van der Waals surface area contributed by atoms with Gasteiger partial charge in [-0.05, 0) is 60.5 Å². The number of rotatable bonds is 4. The molecule has 0 amide bonds. The lowest BCUT2D eigenvalue weighted by molar-refractivity contribution is 0.242. The molecule has 0 aliphatic heterocycles. The molecule has 0 aromatic heterocycles. The molecule has 0 unspecified atom stereocenters.